The lowest BCUT2D eigenvalue weighted by Gasteiger charge is -2.13. The molecule has 0 amide bonds. The zero-order chi connectivity index (χ0) is 10.8. The molecule has 1 rings (SSSR count). The molecule has 5 heteroatoms. The fourth-order valence-corrected chi connectivity index (χ4v) is 1.72. The lowest BCUT2D eigenvalue weighted by Crippen LogP contribution is -2.24. The lowest BCUT2D eigenvalue weighted by atomic mass is 10.2. The van der Waals surface area contributed by atoms with Gasteiger partial charge in [-0.2, -0.15) is 0 Å². The van der Waals surface area contributed by atoms with Gasteiger partial charge in [0.15, 0.2) is 0 Å². The highest BCUT2D eigenvalue weighted by molar-refractivity contribution is 9.10. The number of hydrogen-bond donors (Lipinski definition) is 0. The van der Waals surface area contributed by atoms with Crippen LogP contribution in [-0.2, 0) is 16.6 Å². The molecular weight excluding hydrogens is 266 g/mol. The SMILES string of the molecule is CN(Cc1[c]ccc(Br)c1)S(C)(=O)=O. The van der Waals surface area contributed by atoms with Crippen molar-refractivity contribution in [1.82, 2.24) is 4.31 Å². The number of halogens is 1. The van der Waals surface area contributed by atoms with Crippen molar-refractivity contribution in [3.63, 3.8) is 0 Å². The quantitative estimate of drug-likeness (QED) is 0.842. The standard InChI is InChI=1S/C9H11BrNO2S/c1-11(14(2,12)13)7-8-4-3-5-9(10)6-8/h3,5-6H,7H2,1-2H3. The van der Waals surface area contributed by atoms with Crippen LogP contribution in [-0.4, -0.2) is 26.0 Å². The van der Waals surface area contributed by atoms with Gasteiger partial charge in [0.2, 0.25) is 10.0 Å². The third kappa shape index (κ3) is 3.40. The van der Waals surface area contributed by atoms with Crippen LogP contribution in [0.25, 0.3) is 0 Å². The normalized spacial score (nSPS) is 12.0. The molecular formula is C9H11BrNO2S. The van der Waals surface area contributed by atoms with E-state index in [1.165, 1.54) is 10.6 Å². The van der Waals surface area contributed by atoms with Crippen LogP contribution in [0.2, 0.25) is 0 Å². The summed E-state index contributed by atoms with van der Waals surface area (Å²) in [4.78, 5) is 0. The van der Waals surface area contributed by atoms with Crippen molar-refractivity contribution in [1.29, 1.82) is 0 Å². The first kappa shape index (κ1) is 11.7. The van der Waals surface area contributed by atoms with Gasteiger partial charge in [0, 0.05) is 18.1 Å². The topological polar surface area (TPSA) is 37.4 Å². The van der Waals surface area contributed by atoms with Crippen LogP contribution in [0.5, 0.6) is 0 Å². The van der Waals surface area contributed by atoms with E-state index in [4.69, 9.17) is 0 Å². The minimum Gasteiger partial charge on any atom is -0.213 e. The summed E-state index contributed by atoms with van der Waals surface area (Å²) in [5, 5.41) is 0. The number of hydrogen-bond acceptors (Lipinski definition) is 2. The molecule has 0 aliphatic heterocycles. The minimum absolute atomic E-state index is 0.346. The van der Waals surface area contributed by atoms with Crippen molar-refractivity contribution in [2.75, 3.05) is 13.3 Å². The van der Waals surface area contributed by atoms with Crippen molar-refractivity contribution in [3.05, 3.63) is 34.3 Å². The van der Waals surface area contributed by atoms with Crippen molar-refractivity contribution < 1.29 is 8.42 Å². The van der Waals surface area contributed by atoms with E-state index in [1.807, 2.05) is 12.1 Å². The van der Waals surface area contributed by atoms with Gasteiger partial charge in [-0.15, -0.1) is 0 Å². The molecule has 77 valence electrons. The largest absolute Gasteiger partial charge is 0.213 e. The summed E-state index contributed by atoms with van der Waals surface area (Å²) in [6.45, 7) is 0.346. The Balaban J connectivity index is 2.80. The van der Waals surface area contributed by atoms with Crippen LogP contribution in [0.1, 0.15) is 5.56 Å². The summed E-state index contributed by atoms with van der Waals surface area (Å²) in [7, 11) is -1.57. The van der Waals surface area contributed by atoms with E-state index >= 15 is 0 Å². The first-order valence-corrected chi connectivity index (χ1v) is 6.61. The van der Waals surface area contributed by atoms with E-state index in [0.717, 1.165) is 10.0 Å². The predicted molar refractivity (Wildman–Crippen MR) is 59.3 cm³/mol. The maximum absolute atomic E-state index is 11.1. The molecule has 0 heterocycles. The maximum atomic E-state index is 11.1. The maximum Gasteiger partial charge on any atom is 0.211 e. The van der Waals surface area contributed by atoms with Gasteiger partial charge in [0.1, 0.15) is 0 Å². The van der Waals surface area contributed by atoms with Crippen molar-refractivity contribution in [2.24, 2.45) is 0 Å². The molecule has 0 aromatic heterocycles. The Hall–Kier alpha value is -0.390. The lowest BCUT2D eigenvalue weighted by molar-refractivity contribution is 0.472. The molecule has 1 aromatic rings. The molecule has 0 saturated heterocycles. The van der Waals surface area contributed by atoms with Crippen molar-refractivity contribution in [3.8, 4) is 0 Å². The summed E-state index contributed by atoms with van der Waals surface area (Å²) in [5.74, 6) is 0. The van der Waals surface area contributed by atoms with Crippen LogP contribution in [0, 0.1) is 6.07 Å². The highest BCUT2D eigenvalue weighted by Crippen LogP contribution is 2.13. The molecule has 1 radical (unpaired) electrons. The summed E-state index contributed by atoms with van der Waals surface area (Å²) in [6.07, 6.45) is 1.19. The highest BCUT2D eigenvalue weighted by atomic mass is 79.9. The summed E-state index contributed by atoms with van der Waals surface area (Å²) >= 11 is 3.31. The highest BCUT2D eigenvalue weighted by Gasteiger charge is 2.10. The van der Waals surface area contributed by atoms with E-state index in [9.17, 15) is 8.42 Å². The van der Waals surface area contributed by atoms with E-state index in [-0.39, 0.29) is 0 Å². The van der Waals surface area contributed by atoms with E-state index < -0.39 is 10.0 Å². The molecule has 0 atom stereocenters. The smallest absolute Gasteiger partial charge is 0.211 e. The molecule has 0 aliphatic rings. The Morgan fingerprint density at radius 2 is 2.21 bits per heavy atom. The second kappa shape index (κ2) is 4.42. The summed E-state index contributed by atoms with van der Waals surface area (Å²) in [6, 6.07) is 8.44. The van der Waals surface area contributed by atoms with Gasteiger partial charge in [-0.3, -0.25) is 0 Å². The molecule has 1 aromatic carbocycles. The molecule has 0 fully saturated rings. The first-order chi connectivity index (χ1) is 6.39. The Bertz CT molecular complexity index is 417. The monoisotopic (exact) mass is 276 g/mol. The zero-order valence-corrected chi connectivity index (χ0v) is 10.4. The van der Waals surface area contributed by atoms with Crippen LogP contribution < -0.4 is 0 Å². The average Bonchev–Trinajstić information content (AvgIpc) is 2.02. The molecule has 0 N–H and O–H groups in total. The first-order valence-electron chi connectivity index (χ1n) is 3.97. The van der Waals surface area contributed by atoms with Gasteiger partial charge < -0.3 is 0 Å². The van der Waals surface area contributed by atoms with Gasteiger partial charge in [-0.25, -0.2) is 12.7 Å². The Morgan fingerprint density at radius 1 is 1.57 bits per heavy atom. The molecule has 0 bridgehead atoms. The van der Waals surface area contributed by atoms with E-state index in [1.54, 1.807) is 13.1 Å². The van der Waals surface area contributed by atoms with Gasteiger partial charge in [0.05, 0.1) is 6.26 Å². The third-order valence-corrected chi connectivity index (χ3v) is 3.54. The third-order valence-electron chi connectivity index (χ3n) is 1.78. The molecule has 0 unspecified atom stereocenters. The van der Waals surface area contributed by atoms with Gasteiger partial charge >= 0.3 is 0 Å². The molecule has 14 heavy (non-hydrogen) atoms. The minimum atomic E-state index is -3.12. The van der Waals surface area contributed by atoms with Crippen LogP contribution in [0.3, 0.4) is 0 Å². The number of sulfonamides is 1. The summed E-state index contributed by atoms with van der Waals surface area (Å²) < 4.78 is 24.4. The second-order valence-electron chi connectivity index (χ2n) is 3.05. The van der Waals surface area contributed by atoms with Gasteiger partial charge in [0.25, 0.3) is 0 Å². The van der Waals surface area contributed by atoms with Crippen molar-refractivity contribution >= 4 is 26.0 Å². The second-order valence-corrected chi connectivity index (χ2v) is 6.06. The Kier molecular flexibility index (Phi) is 3.69. The van der Waals surface area contributed by atoms with Crippen LogP contribution >= 0.6 is 15.9 Å². The Morgan fingerprint density at radius 3 is 2.71 bits per heavy atom. The van der Waals surface area contributed by atoms with Crippen LogP contribution in [0.4, 0.5) is 0 Å². The van der Waals surface area contributed by atoms with E-state index in [2.05, 4.69) is 22.0 Å². The molecule has 0 aliphatic carbocycles. The van der Waals surface area contributed by atoms with Gasteiger partial charge in [-0.1, -0.05) is 22.0 Å². The predicted octanol–water partition coefficient (Wildman–Crippen LogP) is 1.64. The number of rotatable bonds is 3. The summed E-state index contributed by atoms with van der Waals surface area (Å²) in [5.41, 5.74) is 0.840. The number of benzene rings is 1. The molecule has 3 nitrogen and oxygen atoms in total. The molecule has 0 spiro atoms. The van der Waals surface area contributed by atoms with Crippen molar-refractivity contribution in [2.45, 2.75) is 6.54 Å². The molecule has 0 saturated carbocycles. The number of nitrogens with zero attached hydrogens (tertiary/aromatic N) is 1. The fourth-order valence-electron chi connectivity index (χ4n) is 0.933. The fraction of sp³-hybridized carbons (Fsp3) is 0.333. The van der Waals surface area contributed by atoms with Crippen LogP contribution in [0.15, 0.2) is 22.7 Å². The Labute approximate surface area is 92.9 Å². The van der Waals surface area contributed by atoms with Gasteiger partial charge in [-0.05, 0) is 23.8 Å². The zero-order valence-electron chi connectivity index (χ0n) is 7.99. The van der Waals surface area contributed by atoms with E-state index in [0.29, 0.717) is 6.54 Å². The average molecular weight is 277 g/mol.